The minimum atomic E-state index is -3.41. The SMILES string of the molecule is O=S1(=O)NC(=NCCCl)c2ccccc21. The highest BCUT2D eigenvalue weighted by Crippen LogP contribution is 2.21. The predicted molar refractivity (Wildman–Crippen MR) is 58.9 cm³/mol. The zero-order chi connectivity index (χ0) is 10.9. The van der Waals surface area contributed by atoms with Gasteiger partial charge in [0.15, 0.2) is 0 Å². The van der Waals surface area contributed by atoms with Gasteiger partial charge >= 0.3 is 0 Å². The number of alkyl halides is 1. The molecule has 1 aliphatic heterocycles. The molecule has 0 saturated heterocycles. The van der Waals surface area contributed by atoms with Crippen LogP contribution in [0.2, 0.25) is 0 Å². The molecule has 80 valence electrons. The van der Waals surface area contributed by atoms with Crippen molar-refractivity contribution < 1.29 is 8.42 Å². The van der Waals surface area contributed by atoms with Gasteiger partial charge in [0.05, 0.1) is 11.4 Å². The molecule has 0 fully saturated rings. The summed E-state index contributed by atoms with van der Waals surface area (Å²) in [6.45, 7) is 0.397. The minimum Gasteiger partial charge on any atom is -0.266 e. The van der Waals surface area contributed by atoms with Crippen molar-refractivity contribution in [2.75, 3.05) is 12.4 Å². The van der Waals surface area contributed by atoms with Crippen molar-refractivity contribution in [3.05, 3.63) is 29.8 Å². The molecule has 1 heterocycles. The Kier molecular flexibility index (Phi) is 2.67. The Bertz CT molecular complexity index is 511. The zero-order valence-corrected chi connectivity index (χ0v) is 9.35. The molecule has 0 unspecified atom stereocenters. The van der Waals surface area contributed by atoms with Gasteiger partial charge < -0.3 is 0 Å². The van der Waals surface area contributed by atoms with Gasteiger partial charge in [-0.25, -0.2) is 8.42 Å². The molecule has 0 aromatic heterocycles. The standard InChI is InChI=1S/C9H9ClN2O2S/c10-5-6-11-9-7-3-1-2-4-8(7)15(13,14)12-9/h1-4H,5-6H2,(H,11,12). The van der Waals surface area contributed by atoms with Gasteiger partial charge in [0.25, 0.3) is 10.0 Å². The van der Waals surface area contributed by atoms with Crippen LogP contribution in [0.1, 0.15) is 5.56 Å². The van der Waals surface area contributed by atoms with Crippen molar-refractivity contribution >= 4 is 27.5 Å². The van der Waals surface area contributed by atoms with Crippen molar-refractivity contribution in [2.45, 2.75) is 4.90 Å². The summed E-state index contributed by atoms with van der Waals surface area (Å²) in [6, 6.07) is 6.74. The Labute approximate surface area is 93.0 Å². The van der Waals surface area contributed by atoms with Gasteiger partial charge in [-0.2, -0.15) is 0 Å². The summed E-state index contributed by atoms with van der Waals surface area (Å²) >= 11 is 5.49. The number of hydrogen-bond acceptors (Lipinski definition) is 3. The summed E-state index contributed by atoms with van der Waals surface area (Å²) in [4.78, 5) is 4.35. The second kappa shape index (κ2) is 3.83. The number of nitrogens with one attached hydrogen (secondary N) is 1. The van der Waals surface area contributed by atoms with Gasteiger partial charge in [-0.05, 0) is 12.1 Å². The fourth-order valence-corrected chi connectivity index (χ4v) is 2.74. The number of nitrogens with zero attached hydrogens (tertiary/aromatic N) is 1. The summed E-state index contributed by atoms with van der Waals surface area (Å²) < 4.78 is 25.6. The second-order valence-electron chi connectivity index (χ2n) is 3.02. The number of fused-ring (bicyclic) bond motifs is 1. The van der Waals surface area contributed by atoms with Gasteiger partial charge in [-0.15, -0.1) is 11.6 Å². The van der Waals surface area contributed by atoms with E-state index in [-0.39, 0.29) is 4.90 Å². The number of halogens is 1. The lowest BCUT2D eigenvalue weighted by molar-refractivity contribution is 0.595. The number of sulfonamides is 1. The molecule has 0 aliphatic carbocycles. The van der Waals surface area contributed by atoms with Crippen LogP contribution >= 0.6 is 11.6 Å². The summed E-state index contributed by atoms with van der Waals surface area (Å²) in [7, 11) is -3.41. The van der Waals surface area contributed by atoms with E-state index >= 15 is 0 Å². The van der Waals surface area contributed by atoms with E-state index in [1.807, 2.05) is 0 Å². The van der Waals surface area contributed by atoms with Crippen LogP contribution in [0.25, 0.3) is 0 Å². The van der Waals surface area contributed by atoms with Crippen LogP contribution < -0.4 is 4.72 Å². The fraction of sp³-hybridized carbons (Fsp3) is 0.222. The topological polar surface area (TPSA) is 58.5 Å². The third-order valence-corrected chi connectivity index (χ3v) is 3.58. The average Bonchev–Trinajstić information content (AvgIpc) is 2.49. The summed E-state index contributed by atoms with van der Waals surface area (Å²) in [5.74, 6) is 0.749. The Morgan fingerprint density at radius 2 is 2.07 bits per heavy atom. The summed E-state index contributed by atoms with van der Waals surface area (Å²) in [6.07, 6.45) is 0. The number of benzene rings is 1. The molecule has 4 nitrogen and oxygen atoms in total. The van der Waals surface area contributed by atoms with Crippen LogP contribution in [0.3, 0.4) is 0 Å². The van der Waals surface area contributed by atoms with Crippen LogP contribution in [-0.4, -0.2) is 26.7 Å². The van der Waals surface area contributed by atoms with Crippen LogP contribution in [-0.2, 0) is 10.0 Å². The quantitative estimate of drug-likeness (QED) is 0.788. The molecule has 0 radical (unpaired) electrons. The largest absolute Gasteiger partial charge is 0.266 e. The normalized spacial score (nSPS) is 19.9. The molecular weight excluding hydrogens is 236 g/mol. The van der Waals surface area contributed by atoms with E-state index in [1.54, 1.807) is 24.3 Å². The maximum Gasteiger partial charge on any atom is 0.263 e. The molecule has 1 aromatic carbocycles. The van der Waals surface area contributed by atoms with Crippen molar-refractivity contribution in [1.82, 2.24) is 4.72 Å². The Morgan fingerprint density at radius 1 is 1.33 bits per heavy atom. The van der Waals surface area contributed by atoms with E-state index in [4.69, 9.17) is 11.6 Å². The highest BCUT2D eigenvalue weighted by molar-refractivity contribution is 7.90. The minimum absolute atomic E-state index is 0.276. The number of aliphatic imine (C=N–C) groups is 1. The van der Waals surface area contributed by atoms with Gasteiger partial charge in [0, 0.05) is 11.4 Å². The van der Waals surface area contributed by atoms with Gasteiger partial charge in [-0.3, -0.25) is 9.71 Å². The van der Waals surface area contributed by atoms with Gasteiger partial charge in [0.1, 0.15) is 5.84 Å². The van der Waals surface area contributed by atoms with E-state index in [1.165, 1.54) is 0 Å². The Balaban J connectivity index is 2.52. The lowest BCUT2D eigenvalue weighted by atomic mass is 10.2. The first-order valence-electron chi connectivity index (χ1n) is 4.38. The van der Waals surface area contributed by atoms with Crippen molar-refractivity contribution in [3.8, 4) is 0 Å². The Morgan fingerprint density at radius 3 is 2.80 bits per heavy atom. The molecule has 2 rings (SSSR count). The van der Waals surface area contributed by atoms with E-state index < -0.39 is 10.0 Å². The first-order chi connectivity index (χ1) is 7.15. The van der Waals surface area contributed by atoms with Crippen LogP contribution in [0, 0.1) is 0 Å². The first-order valence-corrected chi connectivity index (χ1v) is 6.39. The Hall–Kier alpha value is -1.07. The monoisotopic (exact) mass is 244 g/mol. The maximum absolute atomic E-state index is 11.6. The van der Waals surface area contributed by atoms with Crippen LogP contribution in [0.5, 0.6) is 0 Å². The number of amidine groups is 1. The predicted octanol–water partition coefficient (Wildman–Crippen LogP) is 0.964. The van der Waals surface area contributed by atoms with E-state index in [2.05, 4.69) is 9.71 Å². The average molecular weight is 245 g/mol. The summed E-state index contributed by atoms with van der Waals surface area (Å²) in [5, 5.41) is 0. The molecule has 1 aliphatic rings. The maximum atomic E-state index is 11.6. The van der Waals surface area contributed by atoms with Gasteiger partial charge in [0.2, 0.25) is 0 Å². The molecule has 0 spiro atoms. The first kappa shape index (κ1) is 10.4. The zero-order valence-electron chi connectivity index (χ0n) is 7.77. The van der Waals surface area contributed by atoms with E-state index in [9.17, 15) is 8.42 Å². The molecule has 1 aromatic rings. The van der Waals surface area contributed by atoms with E-state index in [0.717, 1.165) is 0 Å². The fourth-order valence-electron chi connectivity index (χ4n) is 1.41. The lowest BCUT2D eigenvalue weighted by Crippen LogP contribution is -2.22. The third kappa shape index (κ3) is 1.85. The van der Waals surface area contributed by atoms with Crippen LogP contribution in [0.4, 0.5) is 0 Å². The molecule has 0 amide bonds. The number of hydrogen-bond donors (Lipinski definition) is 1. The smallest absolute Gasteiger partial charge is 0.263 e. The molecule has 0 saturated carbocycles. The second-order valence-corrected chi connectivity index (χ2v) is 5.05. The highest BCUT2D eigenvalue weighted by atomic mass is 35.5. The third-order valence-electron chi connectivity index (χ3n) is 2.02. The summed E-state index contributed by atoms with van der Waals surface area (Å²) in [5.41, 5.74) is 0.614. The molecule has 15 heavy (non-hydrogen) atoms. The van der Waals surface area contributed by atoms with Crippen molar-refractivity contribution in [2.24, 2.45) is 4.99 Å². The molecule has 0 bridgehead atoms. The lowest BCUT2D eigenvalue weighted by Gasteiger charge is -1.96. The molecule has 0 atom stereocenters. The highest BCUT2D eigenvalue weighted by Gasteiger charge is 2.29. The van der Waals surface area contributed by atoms with Crippen molar-refractivity contribution in [3.63, 3.8) is 0 Å². The van der Waals surface area contributed by atoms with E-state index in [0.29, 0.717) is 23.8 Å². The van der Waals surface area contributed by atoms with Gasteiger partial charge in [-0.1, -0.05) is 12.1 Å². The molecule has 1 N–H and O–H groups in total. The number of rotatable bonds is 2. The molecule has 6 heteroatoms. The van der Waals surface area contributed by atoms with Crippen molar-refractivity contribution in [1.29, 1.82) is 0 Å². The van der Waals surface area contributed by atoms with Crippen LogP contribution in [0.15, 0.2) is 34.2 Å². The molecular formula is C9H9ClN2O2S.